The van der Waals surface area contributed by atoms with E-state index in [2.05, 4.69) is 6.58 Å². The van der Waals surface area contributed by atoms with Crippen LogP contribution in [-0.2, 0) is 14.3 Å². The second-order valence-electron chi connectivity index (χ2n) is 3.18. The standard InChI is InChI=1S/C9H13Cl2NO3/c1-3-4-12(7(13)9(2,10)11)8-14-5-6-15-8/h3,8H,1,4-6H2,2H3. The molecule has 0 unspecified atom stereocenters. The fourth-order valence-electron chi connectivity index (χ4n) is 1.18. The molecule has 0 saturated carbocycles. The fraction of sp³-hybridized carbons (Fsp3) is 0.667. The second-order valence-corrected chi connectivity index (χ2v) is 4.89. The van der Waals surface area contributed by atoms with Crippen molar-refractivity contribution in [3.8, 4) is 0 Å². The largest absolute Gasteiger partial charge is 0.333 e. The summed E-state index contributed by atoms with van der Waals surface area (Å²) in [6.07, 6.45) is 0.843. The first-order valence-electron chi connectivity index (χ1n) is 4.50. The summed E-state index contributed by atoms with van der Waals surface area (Å²) in [6, 6.07) is 0. The summed E-state index contributed by atoms with van der Waals surface area (Å²) in [5.41, 5.74) is 0. The van der Waals surface area contributed by atoms with E-state index in [0.29, 0.717) is 13.2 Å². The van der Waals surface area contributed by atoms with Crippen molar-refractivity contribution in [2.24, 2.45) is 0 Å². The van der Waals surface area contributed by atoms with Gasteiger partial charge in [0.25, 0.3) is 5.91 Å². The number of ether oxygens (including phenoxy) is 2. The third-order valence-electron chi connectivity index (χ3n) is 1.82. The highest BCUT2D eigenvalue weighted by Crippen LogP contribution is 2.25. The first-order chi connectivity index (χ1) is 6.96. The number of rotatable bonds is 4. The molecule has 6 heteroatoms. The van der Waals surface area contributed by atoms with Crippen LogP contribution < -0.4 is 0 Å². The quantitative estimate of drug-likeness (QED) is 0.564. The molecule has 0 N–H and O–H groups in total. The van der Waals surface area contributed by atoms with Crippen LogP contribution in [0, 0.1) is 0 Å². The van der Waals surface area contributed by atoms with Crippen molar-refractivity contribution < 1.29 is 14.3 Å². The zero-order valence-electron chi connectivity index (χ0n) is 8.41. The summed E-state index contributed by atoms with van der Waals surface area (Å²) in [7, 11) is 0. The number of nitrogens with zero attached hydrogens (tertiary/aromatic N) is 1. The van der Waals surface area contributed by atoms with Gasteiger partial charge in [0.05, 0.1) is 13.2 Å². The minimum Gasteiger partial charge on any atom is -0.333 e. The van der Waals surface area contributed by atoms with Gasteiger partial charge in [-0.1, -0.05) is 29.3 Å². The summed E-state index contributed by atoms with van der Waals surface area (Å²) >= 11 is 11.4. The van der Waals surface area contributed by atoms with E-state index >= 15 is 0 Å². The summed E-state index contributed by atoms with van der Waals surface area (Å²) in [5, 5.41) is 0. The summed E-state index contributed by atoms with van der Waals surface area (Å²) in [5.74, 6) is -0.461. The molecular weight excluding hydrogens is 241 g/mol. The molecule has 0 atom stereocenters. The summed E-state index contributed by atoms with van der Waals surface area (Å²) < 4.78 is 8.92. The van der Waals surface area contributed by atoms with Crippen LogP contribution in [0.5, 0.6) is 0 Å². The van der Waals surface area contributed by atoms with E-state index < -0.39 is 16.7 Å². The van der Waals surface area contributed by atoms with Crippen LogP contribution >= 0.6 is 23.2 Å². The first-order valence-corrected chi connectivity index (χ1v) is 5.25. The Morgan fingerprint density at radius 1 is 1.60 bits per heavy atom. The van der Waals surface area contributed by atoms with Crippen molar-refractivity contribution in [2.75, 3.05) is 19.8 Å². The van der Waals surface area contributed by atoms with Gasteiger partial charge >= 0.3 is 0 Å². The Labute approximate surface area is 98.7 Å². The van der Waals surface area contributed by atoms with Crippen LogP contribution in [-0.4, -0.2) is 41.3 Å². The molecule has 1 saturated heterocycles. The van der Waals surface area contributed by atoms with E-state index in [1.165, 1.54) is 11.8 Å². The molecule has 0 aromatic carbocycles. The van der Waals surface area contributed by atoms with Gasteiger partial charge in [0.1, 0.15) is 0 Å². The van der Waals surface area contributed by atoms with Gasteiger partial charge in [0.15, 0.2) is 4.33 Å². The molecule has 1 amide bonds. The van der Waals surface area contributed by atoms with Crippen molar-refractivity contribution in [1.29, 1.82) is 0 Å². The molecule has 0 aromatic heterocycles. The number of halogens is 2. The van der Waals surface area contributed by atoms with Gasteiger partial charge in [-0.15, -0.1) is 6.58 Å². The number of carbonyl (C=O) groups excluding carboxylic acids is 1. The molecule has 0 radical (unpaired) electrons. The van der Waals surface area contributed by atoms with E-state index in [4.69, 9.17) is 32.7 Å². The maximum absolute atomic E-state index is 11.8. The van der Waals surface area contributed by atoms with Crippen molar-refractivity contribution >= 4 is 29.1 Å². The highest BCUT2D eigenvalue weighted by Gasteiger charge is 2.37. The van der Waals surface area contributed by atoms with Crippen LogP contribution in [0.2, 0.25) is 0 Å². The average Bonchev–Trinajstić information content (AvgIpc) is 2.64. The zero-order chi connectivity index (χ0) is 11.5. The maximum Gasteiger partial charge on any atom is 0.262 e. The Morgan fingerprint density at radius 2 is 2.13 bits per heavy atom. The minimum atomic E-state index is -1.49. The lowest BCUT2D eigenvalue weighted by Gasteiger charge is -2.29. The molecule has 1 fully saturated rings. The van der Waals surface area contributed by atoms with Crippen molar-refractivity contribution in [3.05, 3.63) is 12.7 Å². The highest BCUT2D eigenvalue weighted by atomic mass is 35.5. The number of hydrogen-bond acceptors (Lipinski definition) is 3. The molecule has 4 nitrogen and oxygen atoms in total. The fourth-order valence-corrected chi connectivity index (χ4v) is 1.40. The first kappa shape index (κ1) is 12.8. The number of amides is 1. The third kappa shape index (κ3) is 3.34. The Balaban J connectivity index is 2.72. The molecule has 1 aliphatic heterocycles. The van der Waals surface area contributed by atoms with Gasteiger partial charge in [-0.3, -0.25) is 9.69 Å². The van der Waals surface area contributed by atoms with Crippen LogP contribution in [0.3, 0.4) is 0 Å². The maximum atomic E-state index is 11.8. The topological polar surface area (TPSA) is 38.8 Å². The van der Waals surface area contributed by atoms with E-state index in [0.717, 1.165) is 0 Å². The normalized spacial score (nSPS) is 17.8. The van der Waals surface area contributed by atoms with Gasteiger partial charge in [0, 0.05) is 6.54 Å². The average molecular weight is 254 g/mol. The van der Waals surface area contributed by atoms with Gasteiger partial charge in [-0.25, -0.2) is 0 Å². The SMILES string of the molecule is C=CCN(C(=O)C(C)(Cl)Cl)C1OCCO1. The lowest BCUT2D eigenvalue weighted by Crippen LogP contribution is -2.47. The van der Waals surface area contributed by atoms with Crippen molar-refractivity contribution in [1.82, 2.24) is 4.90 Å². The number of carbonyl (C=O) groups is 1. The van der Waals surface area contributed by atoms with E-state index in [1.807, 2.05) is 0 Å². The third-order valence-corrected chi connectivity index (χ3v) is 2.14. The predicted molar refractivity (Wildman–Crippen MR) is 57.7 cm³/mol. The molecule has 1 aliphatic rings. The van der Waals surface area contributed by atoms with Crippen molar-refractivity contribution in [3.63, 3.8) is 0 Å². The lowest BCUT2D eigenvalue weighted by atomic mass is 10.3. The van der Waals surface area contributed by atoms with E-state index in [-0.39, 0.29) is 6.54 Å². The molecule has 1 heterocycles. The monoisotopic (exact) mass is 253 g/mol. The van der Waals surface area contributed by atoms with Crippen LogP contribution in [0.15, 0.2) is 12.7 Å². The number of hydrogen-bond donors (Lipinski definition) is 0. The molecule has 86 valence electrons. The Hall–Kier alpha value is -0.290. The molecular formula is C9H13Cl2NO3. The Morgan fingerprint density at radius 3 is 2.53 bits per heavy atom. The molecule has 0 aliphatic carbocycles. The van der Waals surface area contributed by atoms with E-state index in [9.17, 15) is 4.79 Å². The molecule has 15 heavy (non-hydrogen) atoms. The Bertz CT molecular complexity index is 246. The molecule has 0 bridgehead atoms. The van der Waals surface area contributed by atoms with Crippen LogP contribution in [0.1, 0.15) is 6.92 Å². The van der Waals surface area contributed by atoms with E-state index in [1.54, 1.807) is 6.08 Å². The number of alkyl halides is 2. The lowest BCUT2D eigenvalue weighted by molar-refractivity contribution is -0.173. The predicted octanol–water partition coefficient (Wildman–Crippen LogP) is 1.53. The molecule has 0 spiro atoms. The van der Waals surface area contributed by atoms with Crippen LogP contribution in [0.25, 0.3) is 0 Å². The van der Waals surface area contributed by atoms with Crippen LogP contribution in [0.4, 0.5) is 0 Å². The van der Waals surface area contributed by atoms with Gasteiger partial charge in [-0.2, -0.15) is 0 Å². The van der Waals surface area contributed by atoms with Gasteiger partial charge in [0.2, 0.25) is 6.41 Å². The molecule has 1 rings (SSSR count). The highest BCUT2D eigenvalue weighted by molar-refractivity contribution is 6.57. The van der Waals surface area contributed by atoms with Crippen molar-refractivity contribution in [2.45, 2.75) is 17.7 Å². The Kier molecular flexibility index (Phi) is 4.40. The second kappa shape index (κ2) is 5.16. The van der Waals surface area contributed by atoms with Gasteiger partial charge < -0.3 is 9.47 Å². The minimum absolute atomic E-state index is 0.276. The van der Waals surface area contributed by atoms with Gasteiger partial charge in [-0.05, 0) is 6.92 Å². The smallest absolute Gasteiger partial charge is 0.262 e. The summed E-state index contributed by atoms with van der Waals surface area (Å²) in [6.45, 7) is 6.13. The summed E-state index contributed by atoms with van der Waals surface area (Å²) in [4.78, 5) is 13.1. The molecule has 0 aromatic rings. The zero-order valence-corrected chi connectivity index (χ0v) is 9.92.